The molecule has 11 heavy (non-hydrogen) atoms. The van der Waals surface area contributed by atoms with Crippen LogP contribution in [0.1, 0.15) is 20.8 Å². The van der Waals surface area contributed by atoms with E-state index in [2.05, 4.69) is 16.7 Å². The lowest BCUT2D eigenvalue weighted by atomic mass is 10.1. The maximum absolute atomic E-state index is 4.34. The molecule has 0 saturated heterocycles. The smallest absolute Gasteiger partial charge is 0.220 e. The van der Waals surface area contributed by atoms with Crippen LogP contribution in [-0.2, 0) is 0 Å². The number of rotatable bonds is 0. The van der Waals surface area contributed by atoms with Crippen LogP contribution in [0.15, 0.2) is 9.98 Å². The van der Waals surface area contributed by atoms with Crippen molar-refractivity contribution in [3.8, 4) is 0 Å². The van der Waals surface area contributed by atoms with Crippen molar-refractivity contribution in [2.75, 3.05) is 14.1 Å². The van der Waals surface area contributed by atoms with Crippen LogP contribution in [0.2, 0.25) is 0 Å². The Morgan fingerprint density at radius 3 is 1.82 bits per heavy atom. The SMILES string of the molecule is C=NC(=NC(C)(C)C)N(C)C. The number of nitrogens with zero attached hydrogens (tertiary/aromatic N) is 3. The molecule has 0 atom stereocenters. The van der Waals surface area contributed by atoms with Gasteiger partial charge in [0.05, 0.1) is 5.54 Å². The molecular weight excluding hydrogens is 138 g/mol. The molecule has 0 aliphatic rings. The molecule has 0 N–H and O–H groups in total. The lowest BCUT2D eigenvalue weighted by Gasteiger charge is -2.17. The molecule has 0 amide bonds. The highest BCUT2D eigenvalue weighted by molar-refractivity contribution is 5.84. The fourth-order valence-corrected chi connectivity index (χ4v) is 0.577. The first-order chi connectivity index (χ1) is 4.87. The van der Waals surface area contributed by atoms with Crippen LogP contribution in [0.4, 0.5) is 0 Å². The van der Waals surface area contributed by atoms with E-state index >= 15 is 0 Å². The monoisotopic (exact) mass is 155 g/mol. The van der Waals surface area contributed by atoms with Crippen LogP contribution in [-0.4, -0.2) is 37.2 Å². The van der Waals surface area contributed by atoms with Gasteiger partial charge < -0.3 is 4.90 Å². The summed E-state index contributed by atoms with van der Waals surface area (Å²) < 4.78 is 0. The van der Waals surface area contributed by atoms with Crippen LogP contribution in [0.5, 0.6) is 0 Å². The number of hydrogen-bond acceptors (Lipinski definition) is 1. The minimum atomic E-state index is -0.0825. The minimum Gasteiger partial charge on any atom is -0.347 e. The summed E-state index contributed by atoms with van der Waals surface area (Å²) in [5.74, 6) is 0.678. The van der Waals surface area contributed by atoms with Gasteiger partial charge in [-0.1, -0.05) is 0 Å². The quantitative estimate of drug-likeness (QED) is 0.384. The van der Waals surface area contributed by atoms with Crippen LogP contribution >= 0.6 is 0 Å². The Morgan fingerprint density at radius 1 is 1.27 bits per heavy atom. The third-order valence-corrected chi connectivity index (χ3v) is 0.977. The number of guanidine groups is 1. The first-order valence-corrected chi connectivity index (χ1v) is 3.61. The van der Waals surface area contributed by atoms with Gasteiger partial charge in [-0.25, -0.2) is 9.98 Å². The van der Waals surface area contributed by atoms with Crippen LogP contribution < -0.4 is 0 Å². The molecular formula is C8H17N3. The Labute approximate surface area is 68.8 Å². The summed E-state index contributed by atoms with van der Waals surface area (Å²) in [6.07, 6.45) is 0. The van der Waals surface area contributed by atoms with Gasteiger partial charge in [0, 0.05) is 14.1 Å². The standard InChI is InChI=1S/C8H17N3/c1-8(2,3)10-7(9-4)11(5)6/h4H2,1-3,5-6H3. The first kappa shape index (κ1) is 10.1. The molecule has 0 bridgehead atoms. The third kappa shape index (κ3) is 4.53. The molecule has 3 nitrogen and oxygen atoms in total. The van der Waals surface area contributed by atoms with Gasteiger partial charge in [0.1, 0.15) is 0 Å². The van der Waals surface area contributed by atoms with Gasteiger partial charge in [-0.15, -0.1) is 0 Å². The summed E-state index contributed by atoms with van der Waals surface area (Å²) in [6.45, 7) is 9.53. The van der Waals surface area contributed by atoms with Gasteiger partial charge in [-0.3, -0.25) is 0 Å². The Bertz CT molecular complexity index is 163. The zero-order valence-corrected chi connectivity index (χ0v) is 8.05. The molecule has 0 aromatic rings. The van der Waals surface area contributed by atoms with Crippen molar-refractivity contribution in [3.63, 3.8) is 0 Å². The molecule has 3 heteroatoms. The van der Waals surface area contributed by atoms with Crippen molar-refractivity contribution >= 4 is 12.7 Å². The third-order valence-electron chi connectivity index (χ3n) is 0.977. The average molecular weight is 155 g/mol. The average Bonchev–Trinajstić information content (AvgIpc) is 1.80. The summed E-state index contributed by atoms with van der Waals surface area (Å²) in [4.78, 5) is 9.98. The van der Waals surface area contributed by atoms with Crippen LogP contribution in [0.3, 0.4) is 0 Å². The highest BCUT2D eigenvalue weighted by Gasteiger charge is 2.09. The van der Waals surface area contributed by atoms with E-state index in [1.807, 2.05) is 39.8 Å². The van der Waals surface area contributed by atoms with Crippen molar-refractivity contribution in [2.45, 2.75) is 26.3 Å². The second kappa shape index (κ2) is 3.51. The van der Waals surface area contributed by atoms with E-state index in [0.717, 1.165) is 0 Å². The molecule has 0 spiro atoms. The van der Waals surface area contributed by atoms with Gasteiger partial charge >= 0.3 is 0 Å². The topological polar surface area (TPSA) is 28.0 Å². The van der Waals surface area contributed by atoms with Crippen molar-refractivity contribution in [2.24, 2.45) is 9.98 Å². The van der Waals surface area contributed by atoms with Crippen molar-refractivity contribution in [1.29, 1.82) is 0 Å². The number of hydrogen-bond donors (Lipinski definition) is 0. The zero-order chi connectivity index (χ0) is 9.07. The molecule has 0 aliphatic carbocycles. The van der Waals surface area contributed by atoms with Crippen molar-refractivity contribution in [3.05, 3.63) is 0 Å². The highest BCUT2D eigenvalue weighted by Crippen LogP contribution is 2.07. The molecule has 0 fully saturated rings. The van der Waals surface area contributed by atoms with Gasteiger partial charge in [-0.05, 0) is 27.5 Å². The molecule has 0 aromatic heterocycles. The van der Waals surface area contributed by atoms with Crippen LogP contribution in [0, 0.1) is 0 Å². The summed E-state index contributed by atoms with van der Waals surface area (Å²) in [6, 6.07) is 0. The summed E-state index contributed by atoms with van der Waals surface area (Å²) in [5.41, 5.74) is -0.0825. The predicted octanol–water partition coefficient (Wildman–Crippen LogP) is 1.40. The second-order valence-corrected chi connectivity index (χ2v) is 3.64. The lowest BCUT2D eigenvalue weighted by Crippen LogP contribution is -2.24. The molecule has 0 rings (SSSR count). The van der Waals surface area contributed by atoms with E-state index in [9.17, 15) is 0 Å². The Hall–Kier alpha value is -0.860. The van der Waals surface area contributed by atoms with E-state index in [-0.39, 0.29) is 5.54 Å². The molecule has 0 aliphatic heterocycles. The second-order valence-electron chi connectivity index (χ2n) is 3.64. The molecule has 64 valence electrons. The van der Waals surface area contributed by atoms with E-state index in [1.165, 1.54) is 0 Å². The molecule has 0 unspecified atom stereocenters. The molecule has 0 radical (unpaired) electrons. The van der Waals surface area contributed by atoms with E-state index in [4.69, 9.17) is 0 Å². The largest absolute Gasteiger partial charge is 0.347 e. The number of aliphatic imine (C=N–C) groups is 2. The first-order valence-electron chi connectivity index (χ1n) is 3.61. The van der Waals surface area contributed by atoms with Gasteiger partial charge in [0.15, 0.2) is 0 Å². The van der Waals surface area contributed by atoms with Gasteiger partial charge in [-0.2, -0.15) is 0 Å². The minimum absolute atomic E-state index is 0.0825. The summed E-state index contributed by atoms with van der Waals surface area (Å²) in [7, 11) is 3.80. The molecule has 0 heterocycles. The van der Waals surface area contributed by atoms with E-state index in [1.54, 1.807) is 0 Å². The highest BCUT2D eigenvalue weighted by atomic mass is 15.2. The van der Waals surface area contributed by atoms with Crippen LogP contribution in [0.25, 0.3) is 0 Å². The van der Waals surface area contributed by atoms with E-state index in [0.29, 0.717) is 5.96 Å². The summed E-state index contributed by atoms with van der Waals surface area (Å²) >= 11 is 0. The molecule has 0 aromatic carbocycles. The maximum atomic E-state index is 4.34. The Kier molecular flexibility index (Phi) is 3.23. The van der Waals surface area contributed by atoms with Crippen molar-refractivity contribution < 1.29 is 0 Å². The molecule has 0 saturated carbocycles. The van der Waals surface area contributed by atoms with Gasteiger partial charge in [0.25, 0.3) is 0 Å². The Morgan fingerprint density at radius 2 is 1.73 bits per heavy atom. The van der Waals surface area contributed by atoms with E-state index < -0.39 is 0 Å². The van der Waals surface area contributed by atoms with Gasteiger partial charge in [0.2, 0.25) is 5.96 Å². The lowest BCUT2D eigenvalue weighted by molar-refractivity contribution is 0.543. The maximum Gasteiger partial charge on any atom is 0.220 e. The predicted molar refractivity (Wildman–Crippen MR) is 50.4 cm³/mol. The zero-order valence-electron chi connectivity index (χ0n) is 8.05. The normalized spacial score (nSPS) is 13.0. The fraction of sp³-hybridized carbons (Fsp3) is 0.750. The Balaban J connectivity index is 4.49. The summed E-state index contributed by atoms with van der Waals surface area (Å²) in [5, 5.41) is 0. The van der Waals surface area contributed by atoms with Crippen molar-refractivity contribution in [1.82, 2.24) is 4.90 Å². The fourth-order valence-electron chi connectivity index (χ4n) is 0.577.